The van der Waals surface area contributed by atoms with Crippen molar-refractivity contribution in [2.24, 2.45) is 34.5 Å². The predicted molar refractivity (Wildman–Crippen MR) is 181 cm³/mol. The Morgan fingerprint density at radius 2 is 1.81 bits per heavy atom. The Bertz CT molecular complexity index is 1820. The molecule has 3 N–H and O–H groups in total. The SMILES string of the molecule is CCOC1C2C3N(CC)CC4(COC)C(O)CC(OC)C3(C3CC5(O)C(OC)C(O)C2(OC(C)=O)C3C5OC(=O)c2cc3ccccc3oc2=O)C14. The van der Waals surface area contributed by atoms with Crippen LogP contribution in [0.5, 0.6) is 0 Å². The van der Waals surface area contributed by atoms with Crippen molar-refractivity contribution in [2.75, 3.05) is 47.6 Å². The number of aliphatic hydroxyl groups excluding tert-OH is 2. The van der Waals surface area contributed by atoms with E-state index in [0.717, 1.165) is 0 Å². The molecule has 14 nitrogen and oxygen atoms in total. The molecule has 5 saturated carbocycles. The lowest BCUT2D eigenvalue weighted by Gasteiger charge is -2.70. The second-order valence-electron chi connectivity index (χ2n) is 15.8. The molecular formula is C38H49NO13. The maximum Gasteiger partial charge on any atom is 0.351 e. The minimum atomic E-state index is -2.00. The van der Waals surface area contributed by atoms with Gasteiger partial charge in [-0.1, -0.05) is 25.1 Å². The van der Waals surface area contributed by atoms with Crippen molar-refractivity contribution in [3.05, 3.63) is 46.3 Å². The van der Waals surface area contributed by atoms with E-state index in [1.807, 2.05) is 13.8 Å². The van der Waals surface area contributed by atoms with Crippen LogP contribution in [-0.2, 0) is 33.2 Å². The van der Waals surface area contributed by atoms with E-state index >= 15 is 0 Å². The highest BCUT2D eigenvalue weighted by molar-refractivity contribution is 5.93. The van der Waals surface area contributed by atoms with Crippen molar-refractivity contribution < 1.29 is 57.7 Å². The molecule has 52 heavy (non-hydrogen) atoms. The zero-order chi connectivity index (χ0) is 37.1. The number of rotatable bonds is 10. The zero-order valence-electron chi connectivity index (χ0n) is 30.4. The molecule has 2 heterocycles. The number of aliphatic hydroxyl groups is 3. The molecule has 7 bridgehead atoms. The molecular weight excluding hydrogens is 678 g/mol. The predicted octanol–water partition coefficient (Wildman–Crippen LogP) is 1.14. The number of benzene rings is 1. The van der Waals surface area contributed by atoms with Crippen LogP contribution in [-0.4, -0.2) is 134 Å². The lowest BCUT2D eigenvalue weighted by atomic mass is 9.42. The second-order valence-corrected chi connectivity index (χ2v) is 15.8. The molecule has 5 aliphatic carbocycles. The maximum absolute atomic E-state index is 14.2. The number of fused-ring (bicyclic) bond motifs is 3. The number of hydrogen-bond acceptors (Lipinski definition) is 14. The van der Waals surface area contributed by atoms with Gasteiger partial charge in [0.1, 0.15) is 35.1 Å². The Labute approximate surface area is 301 Å². The largest absolute Gasteiger partial charge is 0.455 e. The van der Waals surface area contributed by atoms with Crippen LogP contribution in [0.3, 0.4) is 0 Å². The normalized spacial score (nSPS) is 45.6. The van der Waals surface area contributed by atoms with Gasteiger partial charge < -0.3 is 48.2 Å². The number of likely N-dealkylation sites (tertiary alicyclic amines) is 1. The van der Waals surface area contributed by atoms with E-state index in [9.17, 15) is 29.7 Å². The highest BCUT2D eigenvalue weighted by atomic mass is 16.6. The lowest BCUT2D eigenvalue weighted by Crippen LogP contribution is -2.81. The maximum atomic E-state index is 14.2. The number of methoxy groups -OCH3 is 3. The summed E-state index contributed by atoms with van der Waals surface area (Å²) in [5.41, 5.74) is -6.55. The van der Waals surface area contributed by atoms with E-state index in [-0.39, 0.29) is 31.6 Å². The van der Waals surface area contributed by atoms with Gasteiger partial charge in [0, 0.05) is 87.8 Å². The van der Waals surface area contributed by atoms with Crippen molar-refractivity contribution in [1.82, 2.24) is 4.90 Å². The van der Waals surface area contributed by atoms with Crippen molar-refractivity contribution in [3.63, 3.8) is 0 Å². The first-order valence-corrected chi connectivity index (χ1v) is 18.3. The molecule has 1 saturated heterocycles. The Kier molecular flexibility index (Phi) is 8.52. The minimum Gasteiger partial charge on any atom is -0.455 e. The Morgan fingerprint density at radius 3 is 2.46 bits per heavy atom. The fraction of sp³-hybridized carbons (Fsp3) is 0.711. The molecule has 1 aliphatic heterocycles. The zero-order valence-corrected chi connectivity index (χ0v) is 30.4. The van der Waals surface area contributed by atoms with Crippen LogP contribution in [0.2, 0.25) is 0 Å². The number of esters is 2. The van der Waals surface area contributed by atoms with Crippen LogP contribution < -0.4 is 5.63 Å². The van der Waals surface area contributed by atoms with Gasteiger partial charge in [0.25, 0.3) is 0 Å². The van der Waals surface area contributed by atoms with Crippen molar-refractivity contribution >= 4 is 22.9 Å². The van der Waals surface area contributed by atoms with Gasteiger partial charge in [-0.3, -0.25) is 9.69 Å². The summed E-state index contributed by atoms with van der Waals surface area (Å²) in [6.45, 7) is 6.62. The molecule has 2 aromatic rings. The summed E-state index contributed by atoms with van der Waals surface area (Å²) < 4.78 is 43.3. The van der Waals surface area contributed by atoms with E-state index in [0.29, 0.717) is 24.1 Å². The summed E-state index contributed by atoms with van der Waals surface area (Å²) in [7, 11) is 4.56. The third-order valence-corrected chi connectivity index (χ3v) is 14.1. The third kappa shape index (κ3) is 4.20. The summed E-state index contributed by atoms with van der Waals surface area (Å²) in [4.78, 5) is 43.1. The number of carbonyl (C=O) groups excluding carboxylic acids is 2. The fourth-order valence-corrected chi connectivity index (χ4v) is 13.0. The van der Waals surface area contributed by atoms with Crippen LogP contribution in [0.15, 0.2) is 39.5 Å². The number of carbonyl (C=O) groups is 2. The fourth-order valence-electron chi connectivity index (χ4n) is 13.0. The Balaban J connectivity index is 1.39. The summed E-state index contributed by atoms with van der Waals surface area (Å²) in [5, 5.41) is 38.3. The van der Waals surface area contributed by atoms with Gasteiger partial charge in [-0.2, -0.15) is 0 Å². The van der Waals surface area contributed by atoms with E-state index in [1.165, 1.54) is 20.1 Å². The lowest BCUT2D eigenvalue weighted by molar-refractivity contribution is -0.322. The van der Waals surface area contributed by atoms with Crippen LogP contribution in [0.4, 0.5) is 0 Å². The molecule has 15 unspecified atom stereocenters. The molecule has 1 aromatic heterocycles. The first-order chi connectivity index (χ1) is 24.9. The monoisotopic (exact) mass is 727 g/mol. The quantitative estimate of drug-likeness (QED) is 0.234. The van der Waals surface area contributed by atoms with Crippen LogP contribution in [0.25, 0.3) is 11.0 Å². The molecule has 15 atom stereocenters. The summed E-state index contributed by atoms with van der Waals surface area (Å²) >= 11 is 0. The standard InChI is InChI=1S/C38H49NO13/c1-7-39-16-35(17-46-4)23(41)14-24(47-5)37-21-15-36(45)31(51-34(44)20-13-19-11-9-10-12-22(19)50-33(20)43)25(21)38(52-18(3)40,30(42)32(36)48-6)26(29(37)39)27(28(35)37)49-8-2/h9-13,21,23-32,41-42,45H,7-8,14-17H2,1-6H3. The van der Waals surface area contributed by atoms with E-state index in [2.05, 4.69) is 4.90 Å². The number of piperidine rings is 1. The topological polar surface area (TPSA) is 184 Å². The number of para-hydroxylation sites is 1. The van der Waals surface area contributed by atoms with Gasteiger partial charge in [-0.15, -0.1) is 0 Å². The van der Waals surface area contributed by atoms with E-state index in [1.54, 1.807) is 38.5 Å². The molecule has 284 valence electrons. The van der Waals surface area contributed by atoms with Crippen molar-refractivity contribution in [1.29, 1.82) is 0 Å². The molecule has 0 amide bonds. The van der Waals surface area contributed by atoms with Crippen LogP contribution in [0.1, 0.15) is 44.0 Å². The van der Waals surface area contributed by atoms with Crippen molar-refractivity contribution in [2.45, 2.75) is 87.5 Å². The van der Waals surface area contributed by atoms with Gasteiger partial charge in [0.05, 0.1) is 24.9 Å². The Hall–Kier alpha value is -2.95. The number of ether oxygens (including phenoxy) is 6. The highest BCUT2D eigenvalue weighted by Gasteiger charge is 2.92. The summed E-state index contributed by atoms with van der Waals surface area (Å²) in [6.07, 6.45) is -6.29. The number of hydrogen-bond donors (Lipinski definition) is 3. The van der Waals surface area contributed by atoms with Gasteiger partial charge >= 0.3 is 17.6 Å². The molecule has 6 fully saturated rings. The molecule has 0 radical (unpaired) electrons. The average Bonchev–Trinajstić information content (AvgIpc) is 3.48. The molecule has 1 spiro atoms. The third-order valence-electron chi connectivity index (χ3n) is 14.1. The molecule has 14 heteroatoms. The van der Waals surface area contributed by atoms with Crippen LogP contribution in [0, 0.1) is 34.5 Å². The van der Waals surface area contributed by atoms with Crippen molar-refractivity contribution in [3.8, 4) is 0 Å². The minimum absolute atomic E-state index is 0.0321. The van der Waals surface area contributed by atoms with Gasteiger partial charge in [0.15, 0.2) is 5.60 Å². The van der Waals surface area contributed by atoms with Crippen LogP contribution >= 0.6 is 0 Å². The van der Waals surface area contributed by atoms with E-state index < -0.39 is 106 Å². The molecule has 6 aliphatic rings. The van der Waals surface area contributed by atoms with Gasteiger partial charge in [-0.25, -0.2) is 9.59 Å². The average molecular weight is 728 g/mol. The Morgan fingerprint density at radius 1 is 1.06 bits per heavy atom. The smallest absolute Gasteiger partial charge is 0.351 e. The first kappa shape index (κ1) is 36.0. The highest BCUT2D eigenvalue weighted by Crippen LogP contribution is 2.80. The second kappa shape index (κ2) is 12.3. The first-order valence-electron chi connectivity index (χ1n) is 18.3. The summed E-state index contributed by atoms with van der Waals surface area (Å²) in [5.74, 6) is -4.55. The van der Waals surface area contributed by atoms with Gasteiger partial charge in [0.2, 0.25) is 0 Å². The van der Waals surface area contributed by atoms with E-state index in [4.69, 9.17) is 32.8 Å². The molecule has 1 aromatic carbocycles. The van der Waals surface area contributed by atoms with Gasteiger partial charge in [-0.05, 0) is 37.9 Å². The molecule has 8 rings (SSSR count). The number of nitrogens with zero attached hydrogens (tertiary/aromatic N) is 1. The summed E-state index contributed by atoms with van der Waals surface area (Å²) in [6, 6.07) is 7.73.